The highest BCUT2D eigenvalue weighted by Gasteiger charge is 2.13. The van der Waals surface area contributed by atoms with Crippen LogP contribution in [0.3, 0.4) is 0 Å². The number of nitrogens with one attached hydrogen (secondary N) is 2. The van der Waals surface area contributed by atoms with Gasteiger partial charge in [0.2, 0.25) is 0 Å². The molecule has 1 unspecified atom stereocenters. The van der Waals surface area contributed by atoms with Crippen LogP contribution >= 0.6 is 11.8 Å². The van der Waals surface area contributed by atoms with E-state index in [2.05, 4.69) is 10.6 Å². The quantitative estimate of drug-likeness (QED) is 0.794. The summed E-state index contributed by atoms with van der Waals surface area (Å²) < 4.78 is 0. The van der Waals surface area contributed by atoms with Crippen molar-refractivity contribution in [2.45, 2.75) is 5.50 Å². The summed E-state index contributed by atoms with van der Waals surface area (Å²) in [5, 5.41) is 8.05. The number of hydrogen-bond acceptors (Lipinski definition) is 3. The van der Waals surface area contributed by atoms with Crippen LogP contribution in [0.5, 0.6) is 0 Å². The first kappa shape index (κ1) is 10.3. The van der Waals surface area contributed by atoms with Crippen molar-refractivity contribution >= 4 is 17.7 Å². The van der Waals surface area contributed by atoms with Crippen LogP contribution in [0.1, 0.15) is 10.4 Å². The van der Waals surface area contributed by atoms with E-state index in [4.69, 9.17) is 0 Å². The van der Waals surface area contributed by atoms with Crippen molar-refractivity contribution in [2.75, 3.05) is 6.54 Å². The van der Waals surface area contributed by atoms with E-state index in [1.165, 1.54) is 0 Å². The lowest BCUT2D eigenvalue weighted by Gasteiger charge is -2.20. The molecule has 2 rings (SSSR count). The number of benzene rings is 1. The first-order chi connectivity index (χ1) is 7.36. The first-order valence-corrected chi connectivity index (χ1v) is 5.70. The molecule has 2 N–H and O–H groups in total. The molecule has 1 heterocycles. The third-order valence-electron chi connectivity index (χ3n) is 2.03. The van der Waals surface area contributed by atoms with E-state index in [1.54, 1.807) is 23.9 Å². The number of thioether (sulfide) groups is 1. The average Bonchev–Trinajstić information content (AvgIpc) is 2.31. The molecule has 1 aliphatic rings. The summed E-state index contributed by atoms with van der Waals surface area (Å²) in [6.07, 6.45) is 2.02. The summed E-state index contributed by atoms with van der Waals surface area (Å²) in [4.78, 5) is 11.7. The average molecular weight is 220 g/mol. The minimum Gasteiger partial charge on any atom is -0.327 e. The van der Waals surface area contributed by atoms with Gasteiger partial charge in [-0.2, -0.15) is 0 Å². The normalized spacial score (nSPS) is 19.9. The Morgan fingerprint density at radius 3 is 2.87 bits per heavy atom. The van der Waals surface area contributed by atoms with E-state index in [0.717, 1.165) is 6.54 Å². The molecule has 0 saturated carbocycles. The maximum absolute atomic E-state index is 11.7. The van der Waals surface area contributed by atoms with E-state index in [0.29, 0.717) is 5.56 Å². The molecule has 1 aromatic rings. The molecule has 0 saturated heterocycles. The van der Waals surface area contributed by atoms with Gasteiger partial charge in [-0.25, -0.2) is 0 Å². The highest BCUT2D eigenvalue weighted by atomic mass is 32.2. The van der Waals surface area contributed by atoms with Crippen molar-refractivity contribution in [3.8, 4) is 0 Å². The molecule has 1 amide bonds. The van der Waals surface area contributed by atoms with Crippen LogP contribution in [0.2, 0.25) is 0 Å². The van der Waals surface area contributed by atoms with Crippen molar-refractivity contribution in [1.82, 2.24) is 10.6 Å². The second-order valence-electron chi connectivity index (χ2n) is 3.14. The minimum absolute atomic E-state index is 0.0253. The molecule has 3 nitrogen and oxygen atoms in total. The number of rotatable bonds is 2. The molecule has 0 bridgehead atoms. The molecule has 0 aromatic heterocycles. The number of amides is 1. The van der Waals surface area contributed by atoms with Crippen molar-refractivity contribution in [3.05, 3.63) is 47.4 Å². The topological polar surface area (TPSA) is 41.1 Å². The Bertz CT molecular complexity index is 364. The van der Waals surface area contributed by atoms with E-state index < -0.39 is 0 Å². The Kier molecular flexibility index (Phi) is 3.42. The predicted octanol–water partition coefficient (Wildman–Crippen LogP) is 1.55. The lowest BCUT2D eigenvalue weighted by molar-refractivity contribution is 0.0946. The molecule has 0 spiro atoms. The van der Waals surface area contributed by atoms with Crippen molar-refractivity contribution < 1.29 is 4.79 Å². The van der Waals surface area contributed by atoms with E-state index in [1.807, 2.05) is 29.7 Å². The molecule has 4 heteroatoms. The van der Waals surface area contributed by atoms with Crippen LogP contribution in [0.4, 0.5) is 0 Å². The van der Waals surface area contributed by atoms with Crippen LogP contribution in [0.25, 0.3) is 0 Å². The third kappa shape index (κ3) is 2.84. The molecule has 78 valence electrons. The SMILES string of the molecule is O=C(NC1NCC=CS1)c1ccccc1. The molecule has 0 aliphatic carbocycles. The van der Waals surface area contributed by atoms with E-state index >= 15 is 0 Å². The summed E-state index contributed by atoms with van der Waals surface area (Å²) in [6, 6.07) is 9.22. The number of hydrogen-bond donors (Lipinski definition) is 2. The second kappa shape index (κ2) is 5.00. The smallest absolute Gasteiger partial charge is 0.253 e. The largest absolute Gasteiger partial charge is 0.327 e. The lowest BCUT2D eigenvalue weighted by Crippen LogP contribution is -2.43. The standard InChI is InChI=1S/C11H12N2OS/c14-10(9-5-2-1-3-6-9)13-11-12-7-4-8-15-11/h1-6,8,11-12H,7H2,(H,13,14). The van der Waals surface area contributed by atoms with Gasteiger partial charge in [0.15, 0.2) is 0 Å². The van der Waals surface area contributed by atoms with Crippen LogP contribution in [0.15, 0.2) is 41.8 Å². The van der Waals surface area contributed by atoms with Crippen LogP contribution in [0, 0.1) is 0 Å². The van der Waals surface area contributed by atoms with Gasteiger partial charge >= 0.3 is 0 Å². The summed E-state index contributed by atoms with van der Waals surface area (Å²) in [5.41, 5.74) is 0.664. The van der Waals surface area contributed by atoms with Gasteiger partial charge in [0, 0.05) is 12.1 Å². The maximum atomic E-state index is 11.7. The molecule has 1 aliphatic heterocycles. The zero-order valence-corrected chi connectivity index (χ0v) is 8.96. The Balaban J connectivity index is 1.95. The Morgan fingerprint density at radius 1 is 1.40 bits per heavy atom. The van der Waals surface area contributed by atoms with Crippen LogP contribution in [-0.4, -0.2) is 17.9 Å². The molecular weight excluding hydrogens is 208 g/mol. The van der Waals surface area contributed by atoms with Gasteiger partial charge in [-0.15, -0.1) is 0 Å². The zero-order valence-electron chi connectivity index (χ0n) is 8.14. The van der Waals surface area contributed by atoms with Crippen molar-refractivity contribution in [3.63, 3.8) is 0 Å². The molecular formula is C11H12N2OS. The summed E-state index contributed by atoms with van der Waals surface area (Å²) in [5.74, 6) is -0.0455. The molecule has 1 aromatic carbocycles. The fraction of sp³-hybridized carbons (Fsp3) is 0.182. The van der Waals surface area contributed by atoms with Gasteiger partial charge in [-0.1, -0.05) is 36.0 Å². The highest BCUT2D eigenvalue weighted by molar-refractivity contribution is 8.02. The van der Waals surface area contributed by atoms with Gasteiger partial charge < -0.3 is 5.32 Å². The van der Waals surface area contributed by atoms with Crippen LogP contribution < -0.4 is 10.6 Å². The van der Waals surface area contributed by atoms with Crippen molar-refractivity contribution in [2.24, 2.45) is 0 Å². The minimum atomic E-state index is -0.0455. The zero-order chi connectivity index (χ0) is 10.5. The molecule has 0 radical (unpaired) electrons. The summed E-state index contributed by atoms with van der Waals surface area (Å²) >= 11 is 1.56. The van der Waals surface area contributed by atoms with Gasteiger partial charge in [-0.3, -0.25) is 10.1 Å². The second-order valence-corrected chi connectivity index (χ2v) is 4.15. The fourth-order valence-corrected chi connectivity index (χ4v) is 2.01. The predicted molar refractivity (Wildman–Crippen MR) is 62.4 cm³/mol. The Morgan fingerprint density at radius 2 is 2.20 bits per heavy atom. The maximum Gasteiger partial charge on any atom is 0.253 e. The number of carbonyl (C=O) groups is 1. The summed E-state index contributed by atoms with van der Waals surface area (Å²) in [6.45, 7) is 0.798. The van der Waals surface area contributed by atoms with Gasteiger partial charge in [0.25, 0.3) is 5.91 Å². The summed E-state index contributed by atoms with van der Waals surface area (Å²) in [7, 11) is 0. The Hall–Kier alpha value is -1.26. The third-order valence-corrected chi connectivity index (χ3v) is 2.94. The first-order valence-electron chi connectivity index (χ1n) is 4.76. The molecule has 1 atom stereocenters. The highest BCUT2D eigenvalue weighted by Crippen LogP contribution is 2.11. The fourth-order valence-electron chi connectivity index (χ4n) is 1.28. The van der Waals surface area contributed by atoms with Gasteiger partial charge in [0.1, 0.15) is 5.50 Å². The Labute approximate surface area is 92.9 Å². The van der Waals surface area contributed by atoms with Crippen LogP contribution in [-0.2, 0) is 0 Å². The monoisotopic (exact) mass is 220 g/mol. The van der Waals surface area contributed by atoms with E-state index in [9.17, 15) is 4.79 Å². The number of carbonyl (C=O) groups excluding carboxylic acids is 1. The molecule has 0 fully saturated rings. The van der Waals surface area contributed by atoms with E-state index in [-0.39, 0.29) is 11.4 Å². The lowest BCUT2D eigenvalue weighted by atomic mass is 10.2. The molecule has 15 heavy (non-hydrogen) atoms. The van der Waals surface area contributed by atoms with Gasteiger partial charge in [0.05, 0.1) is 0 Å². The van der Waals surface area contributed by atoms with Gasteiger partial charge in [-0.05, 0) is 17.5 Å². The van der Waals surface area contributed by atoms with Crippen molar-refractivity contribution in [1.29, 1.82) is 0 Å².